The van der Waals surface area contributed by atoms with Crippen molar-refractivity contribution in [2.45, 2.75) is 6.10 Å². The Morgan fingerprint density at radius 3 is 2.88 bits per heavy atom. The molecule has 0 unspecified atom stereocenters. The molecule has 3 rings (SSSR count). The Bertz CT molecular complexity index is 730. The molecule has 1 fully saturated rings. The lowest BCUT2D eigenvalue weighted by atomic mass is 10.1. The second kappa shape index (κ2) is 7.96. The number of hydrogen-bond donors (Lipinski definition) is 2. The monoisotopic (exact) mass is 343 g/mol. The molecule has 2 heterocycles. The molecule has 132 valence electrons. The molecular formula is C18H21N3O4. The van der Waals surface area contributed by atoms with Gasteiger partial charge in [-0.25, -0.2) is 0 Å². The zero-order valence-electron chi connectivity index (χ0n) is 14.0. The van der Waals surface area contributed by atoms with Crippen LogP contribution in [0.25, 0.3) is 0 Å². The average Bonchev–Trinajstić information content (AvgIpc) is 3.15. The molecule has 1 atom stereocenters. The van der Waals surface area contributed by atoms with Gasteiger partial charge in [-0.1, -0.05) is 6.07 Å². The number of benzene rings is 1. The summed E-state index contributed by atoms with van der Waals surface area (Å²) in [5, 5.41) is 5.58. The van der Waals surface area contributed by atoms with Gasteiger partial charge in [-0.15, -0.1) is 0 Å². The van der Waals surface area contributed by atoms with Crippen molar-refractivity contribution in [1.82, 2.24) is 10.2 Å². The van der Waals surface area contributed by atoms with E-state index in [-0.39, 0.29) is 23.7 Å². The number of nitrogens with zero attached hydrogens (tertiary/aromatic N) is 1. The summed E-state index contributed by atoms with van der Waals surface area (Å²) in [6.45, 7) is 2.82. The van der Waals surface area contributed by atoms with Gasteiger partial charge in [-0.2, -0.15) is 0 Å². The molecule has 1 aromatic heterocycles. The van der Waals surface area contributed by atoms with Crippen LogP contribution in [0.3, 0.4) is 0 Å². The number of nitrogens with one attached hydrogen (secondary N) is 2. The minimum atomic E-state index is -0.360. The minimum Gasteiger partial charge on any atom is -0.459 e. The van der Waals surface area contributed by atoms with Crippen LogP contribution in [-0.4, -0.2) is 56.1 Å². The molecule has 1 aromatic carbocycles. The van der Waals surface area contributed by atoms with E-state index in [4.69, 9.17) is 9.15 Å². The summed E-state index contributed by atoms with van der Waals surface area (Å²) in [5.41, 5.74) is 1.00. The van der Waals surface area contributed by atoms with E-state index in [9.17, 15) is 9.59 Å². The number of rotatable bonds is 5. The number of anilines is 1. The maximum Gasteiger partial charge on any atom is 0.291 e. The van der Waals surface area contributed by atoms with Crippen LogP contribution in [0.1, 0.15) is 20.9 Å². The van der Waals surface area contributed by atoms with Crippen LogP contribution < -0.4 is 10.6 Å². The third-order valence-electron chi connectivity index (χ3n) is 3.96. The smallest absolute Gasteiger partial charge is 0.291 e. The molecule has 1 saturated heterocycles. The topological polar surface area (TPSA) is 83.8 Å². The second-order valence-electron chi connectivity index (χ2n) is 5.98. The van der Waals surface area contributed by atoms with Crippen LogP contribution in [0.4, 0.5) is 5.69 Å². The highest BCUT2D eigenvalue weighted by Crippen LogP contribution is 2.13. The quantitative estimate of drug-likeness (QED) is 0.861. The lowest BCUT2D eigenvalue weighted by Crippen LogP contribution is -2.45. The van der Waals surface area contributed by atoms with Crippen molar-refractivity contribution in [1.29, 1.82) is 0 Å². The van der Waals surface area contributed by atoms with Gasteiger partial charge in [-0.05, 0) is 37.4 Å². The fraction of sp³-hybridized carbons (Fsp3) is 0.333. The lowest BCUT2D eigenvalue weighted by molar-refractivity contribution is -0.0175. The van der Waals surface area contributed by atoms with Crippen LogP contribution in [-0.2, 0) is 4.74 Å². The normalized spacial score (nSPS) is 17.9. The predicted octanol–water partition coefficient (Wildman–Crippen LogP) is 1.59. The van der Waals surface area contributed by atoms with E-state index in [0.29, 0.717) is 24.4 Å². The van der Waals surface area contributed by atoms with E-state index in [1.165, 1.54) is 6.26 Å². The number of amides is 2. The highest BCUT2D eigenvalue weighted by Gasteiger charge is 2.18. The number of morpholine rings is 1. The largest absolute Gasteiger partial charge is 0.459 e. The van der Waals surface area contributed by atoms with E-state index in [2.05, 4.69) is 15.5 Å². The van der Waals surface area contributed by atoms with Crippen molar-refractivity contribution in [3.63, 3.8) is 0 Å². The van der Waals surface area contributed by atoms with Crippen molar-refractivity contribution >= 4 is 17.5 Å². The van der Waals surface area contributed by atoms with Gasteiger partial charge in [0.2, 0.25) is 0 Å². The van der Waals surface area contributed by atoms with Crippen molar-refractivity contribution in [3.05, 3.63) is 54.0 Å². The number of likely N-dealkylation sites (N-methyl/N-ethyl adjacent to an activating group) is 1. The highest BCUT2D eigenvalue weighted by molar-refractivity contribution is 6.03. The van der Waals surface area contributed by atoms with Crippen LogP contribution in [0.2, 0.25) is 0 Å². The number of furan rings is 1. The molecule has 7 nitrogen and oxygen atoms in total. The minimum absolute atomic E-state index is 0.00969. The van der Waals surface area contributed by atoms with Crippen molar-refractivity contribution < 1.29 is 18.7 Å². The summed E-state index contributed by atoms with van der Waals surface area (Å²) in [5.74, 6) is -0.347. The van der Waals surface area contributed by atoms with Gasteiger partial charge in [0, 0.05) is 30.9 Å². The number of carbonyl (C=O) groups is 2. The zero-order chi connectivity index (χ0) is 17.6. The first-order valence-electron chi connectivity index (χ1n) is 8.15. The molecule has 1 aliphatic heterocycles. The van der Waals surface area contributed by atoms with Gasteiger partial charge in [0.25, 0.3) is 11.8 Å². The van der Waals surface area contributed by atoms with Gasteiger partial charge in [0.15, 0.2) is 5.76 Å². The second-order valence-corrected chi connectivity index (χ2v) is 5.98. The zero-order valence-corrected chi connectivity index (χ0v) is 14.0. The van der Waals surface area contributed by atoms with E-state index >= 15 is 0 Å². The number of hydrogen-bond acceptors (Lipinski definition) is 5. The first kappa shape index (κ1) is 17.2. The molecule has 25 heavy (non-hydrogen) atoms. The first-order chi connectivity index (χ1) is 12.1. The lowest BCUT2D eigenvalue weighted by Gasteiger charge is -2.30. The Hall–Kier alpha value is -2.64. The summed E-state index contributed by atoms with van der Waals surface area (Å²) in [7, 11) is 2.03. The first-order valence-corrected chi connectivity index (χ1v) is 8.15. The SMILES string of the molecule is CN1CCO[C@@H](CNC(=O)c2cccc(NC(=O)c3ccco3)c2)C1. The average molecular weight is 343 g/mol. The third-order valence-corrected chi connectivity index (χ3v) is 3.96. The van der Waals surface area contributed by atoms with Crippen LogP contribution in [0, 0.1) is 0 Å². The number of ether oxygens (including phenoxy) is 1. The highest BCUT2D eigenvalue weighted by atomic mass is 16.5. The van der Waals surface area contributed by atoms with E-state index < -0.39 is 0 Å². The molecule has 7 heteroatoms. The molecule has 1 aliphatic rings. The number of carbonyl (C=O) groups excluding carboxylic acids is 2. The maximum absolute atomic E-state index is 12.3. The molecule has 2 aromatic rings. The Balaban J connectivity index is 1.56. The molecule has 2 N–H and O–H groups in total. The Kier molecular flexibility index (Phi) is 5.47. The van der Waals surface area contributed by atoms with Gasteiger partial charge < -0.3 is 24.7 Å². The van der Waals surface area contributed by atoms with Gasteiger partial charge in [-0.3, -0.25) is 9.59 Å². The van der Waals surface area contributed by atoms with E-state index in [1.54, 1.807) is 36.4 Å². The molecule has 0 radical (unpaired) electrons. The van der Waals surface area contributed by atoms with Gasteiger partial charge in [0.05, 0.1) is 19.0 Å². The van der Waals surface area contributed by atoms with Crippen molar-refractivity contribution in [2.75, 3.05) is 38.6 Å². The summed E-state index contributed by atoms with van der Waals surface area (Å²) >= 11 is 0. The summed E-state index contributed by atoms with van der Waals surface area (Å²) < 4.78 is 10.7. The van der Waals surface area contributed by atoms with Crippen LogP contribution in [0.15, 0.2) is 47.1 Å². The Morgan fingerprint density at radius 2 is 2.12 bits per heavy atom. The van der Waals surface area contributed by atoms with Gasteiger partial charge >= 0.3 is 0 Å². The van der Waals surface area contributed by atoms with E-state index in [0.717, 1.165) is 13.1 Å². The maximum atomic E-state index is 12.3. The molecule has 2 amide bonds. The van der Waals surface area contributed by atoms with Crippen LogP contribution >= 0.6 is 0 Å². The third kappa shape index (κ3) is 4.68. The standard InChI is InChI=1S/C18H21N3O4/c1-21-7-9-24-15(12-21)11-19-17(22)13-4-2-5-14(10-13)20-18(23)16-6-3-8-25-16/h2-6,8,10,15H,7,9,11-12H2,1H3,(H,19,22)(H,20,23)/t15-/m0/s1. The predicted molar refractivity (Wildman–Crippen MR) is 92.7 cm³/mol. The molecule has 0 spiro atoms. The molecular weight excluding hydrogens is 322 g/mol. The Morgan fingerprint density at radius 1 is 1.24 bits per heavy atom. The Labute approximate surface area is 145 Å². The van der Waals surface area contributed by atoms with E-state index in [1.807, 2.05) is 7.05 Å². The van der Waals surface area contributed by atoms with Crippen LogP contribution in [0.5, 0.6) is 0 Å². The molecule has 0 bridgehead atoms. The fourth-order valence-electron chi connectivity index (χ4n) is 2.64. The fourth-order valence-corrected chi connectivity index (χ4v) is 2.64. The van der Waals surface area contributed by atoms with Gasteiger partial charge in [0.1, 0.15) is 0 Å². The summed E-state index contributed by atoms with van der Waals surface area (Å²) in [6, 6.07) is 9.99. The summed E-state index contributed by atoms with van der Waals surface area (Å²) in [6.07, 6.45) is 1.42. The summed E-state index contributed by atoms with van der Waals surface area (Å²) in [4.78, 5) is 26.5. The van der Waals surface area contributed by atoms with Crippen molar-refractivity contribution in [2.24, 2.45) is 0 Å². The molecule has 0 saturated carbocycles. The van der Waals surface area contributed by atoms with Crippen molar-refractivity contribution in [3.8, 4) is 0 Å². The molecule has 0 aliphatic carbocycles.